The standard InChI is InChI=1S/C34H58N4O4/c1-11-31(7)19-27(23(5)33(9,13-3)35-31)37(29(39)40)21-25-15-17-26(18-16-25)22-38(30(41)42)28-20-32(8,12-2)36-34(10,14-4)24(28)6/h15-18,23-24,27-28,35-36H,11-14,19-22H2,1-10H3,(H,39,40)(H,41,42)/p-2. The minimum Gasteiger partial charge on any atom is -0.530 e. The fourth-order valence-corrected chi connectivity index (χ4v) is 7.66. The number of carbonyl (C=O) groups is 2. The maximum Gasteiger partial charge on any atom is 0.137 e. The Hall–Kier alpha value is -2.32. The number of nitrogens with one attached hydrogen (secondary N) is 2. The van der Waals surface area contributed by atoms with Gasteiger partial charge in [0.25, 0.3) is 0 Å². The van der Waals surface area contributed by atoms with Crippen LogP contribution in [0.5, 0.6) is 0 Å². The zero-order chi connectivity index (χ0) is 31.7. The Labute approximate surface area is 254 Å². The first-order valence-electron chi connectivity index (χ1n) is 16.1. The van der Waals surface area contributed by atoms with Crippen molar-refractivity contribution >= 4 is 12.2 Å². The van der Waals surface area contributed by atoms with Crippen molar-refractivity contribution in [1.82, 2.24) is 20.4 Å². The van der Waals surface area contributed by atoms with Gasteiger partial charge >= 0.3 is 0 Å². The summed E-state index contributed by atoms with van der Waals surface area (Å²) in [4.78, 5) is 28.0. The number of rotatable bonds is 10. The maximum absolute atomic E-state index is 12.5. The van der Waals surface area contributed by atoms with E-state index >= 15 is 0 Å². The fourth-order valence-electron chi connectivity index (χ4n) is 7.66. The first-order chi connectivity index (χ1) is 19.5. The molecule has 8 unspecified atom stereocenters. The van der Waals surface area contributed by atoms with E-state index in [1.807, 2.05) is 24.3 Å². The summed E-state index contributed by atoms with van der Waals surface area (Å²) in [6, 6.07) is 7.31. The predicted molar refractivity (Wildman–Crippen MR) is 165 cm³/mol. The summed E-state index contributed by atoms with van der Waals surface area (Å²) in [5, 5.41) is 32.7. The smallest absolute Gasteiger partial charge is 0.137 e. The van der Waals surface area contributed by atoms with Crippen molar-refractivity contribution in [2.75, 3.05) is 0 Å². The Bertz CT molecular complexity index is 1010. The van der Waals surface area contributed by atoms with Crippen molar-refractivity contribution < 1.29 is 19.8 Å². The molecule has 1 aromatic carbocycles. The van der Waals surface area contributed by atoms with Gasteiger partial charge in [0, 0.05) is 47.3 Å². The van der Waals surface area contributed by atoms with Gasteiger partial charge in [-0.25, -0.2) is 0 Å². The van der Waals surface area contributed by atoms with Crippen LogP contribution in [0.25, 0.3) is 0 Å². The summed E-state index contributed by atoms with van der Waals surface area (Å²) in [6.07, 6.45) is 2.72. The van der Waals surface area contributed by atoms with E-state index in [1.165, 1.54) is 9.80 Å². The lowest BCUT2D eigenvalue weighted by molar-refractivity contribution is -0.272. The molecule has 2 heterocycles. The van der Waals surface area contributed by atoms with Crippen LogP contribution < -0.4 is 20.8 Å². The molecule has 2 saturated heterocycles. The van der Waals surface area contributed by atoms with Gasteiger partial charge in [0.2, 0.25) is 0 Å². The molecule has 8 heteroatoms. The molecule has 2 N–H and O–H groups in total. The van der Waals surface area contributed by atoms with Crippen LogP contribution in [0.1, 0.15) is 119 Å². The van der Waals surface area contributed by atoms with E-state index in [4.69, 9.17) is 0 Å². The normalized spacial score (nSPS) is 36.8. The molecular formula is C34H56N4O4-2. The Morgan fingerprint density at radius 3 is 1.24 bits per heavy atom. The van der Waals surface area contributed by atoms with Crippen molar-refractivity contribution in [1.29, 1.82) is 0 Å². The van der Waals surface area contributed by atoms with E-state index in [0.29, 0.717) is 12.8 Å². The molecule has 0 saturated carbocycles. The lowest BCUT2D eigenvalue weighted by Crippen LogP contribution is -2.69. The molecule has 0 aliphatic carbocycles. The topological polar surface area (TPSA) is 111 Å². The lowest BCUT2D eigenvalue weighted by Gasteiger charge is -2.56. The highest BCUT2D eigenvalue weighted by molar-refractivity contribution is 5.64. The molecular weight excluding hydrogens is 528 g/mol. The van der Waals surface area contributed by atoms with Crippen LogP contribution in [0.4, 0.5) is 9.59 Å². The van der Waals surface area contributed by atoms with Crippen LogP contribution in [0.3, 0.4) is 0 Å². The van der Waals surface area contributed by atoms with Crippen molar-refractivity contribution in [2.45, 2.75) is 155 Å². The molecule has 2 aliphatic heterocycles. The number of amides is 2. The first kappa shape index (κ1) is 34.2. The monoisotopic (exact) mass is 584 g/mol. The summed E-state index contributed by atoms with van der Waals surface area (Å²) >= 11 is 0. The van der Waals surface area contributed by atoms with Gasteiger partial charge in [0.1, 0.15) is 12.2 Å². The van der Waals surface area contributed by atoms with E-state index in [0.717, 1.165) is 36.8 Å². The van der Waals surface area contributed by atoms with Crippen LogP contribution >= 0.6 is 0 Å². The van der Waals surface area contributed by atoms with Gasteiger partial charge in [-0.2, -0.15) is 0 Å². The van der Waals surface area contributed by atoms with E-state index in [-0.39, 0.29) is 59.2 Å². The first-order valence-corrected chi connectivity index (χ1v) is 16.1. The Morgan fingerprint density at radius 1 is 0.690 bits per heavy atom. The summed E-state index contributed by atoms with van der Waals surface area (Å²) in [6.45, 7) is 22.1. The number of nitrogens with zero attached hydrogens (tertiary/aromatic N) is 2. The average molecular weight is 585 g/mol. The third kappa shape index (κ3) is 6.91. The highest BCUT2D eigenvalue weighted by Gasteiger charge is 2.49. The van der Waals surface area contributed by atoms with Crippen LogP contribution in [0.15, 0.2) is 24.3 Å². The molecule has 2 amide bonds. The van der Waals surface area contributed by atoms with Crippen LogP contribution in [-0.4, -0.2) is 56.2 Å². The number of hydrogen-bond acceptors (Lipinski definition) is 6. The maximum atomic E-state index is 12.5. The van der Waals surface area contributed by atoms with E-state index < -0.39 is 12.2 Å². The summed E-state index contributed by atoms with van der Waals surface area (Å²) in [5.74, 6) is 0.205. The van der Waals surface area contributed by atoms with Gasteiger partial charge < -0.3 is 40.2 Å². The van der Waals surface area contributed by atoms with Crippen LogP contribution in [-0.2, 0) is 13.1 Å². The zero-order valence-corrected chi connectivity index (χ0v) is 27.8. The molecule has 1 aromatic rings. The van der Waals surface area contributed by atoms with Crippen LogP contribution in [0, 0.1) is 11.8 Å². The molecule has 2 aliphatic rings. The van der Waals surface area contributed by atoms with Crippen molar-refractivity contribution in [3.8, 4) is 0 Å². The number of carbonyl (C=O) groups excluding carboxylic acids is 2. The quantitative estimate of drug-likeness (QED) is 0.414. The number of piperidine rings is 2. The highest BCUT2D eigenvalue weighted by Crippen LogP contribution is 2.41. The summed E-state index contributed by atoms with van der Waals surface area (Å²) < 4.78 is 0. The average Bonchev–Trinajstić information content (AvgIpc) is 2.95. The Kier molecular flexibility index (Phi) is 10.4. The molecule has 8 nitrogen and oxygen atoms in total. The molecule has 0 bridgehead atoms. The largest absolute Gasteiger partial charge is 0.530 e. The SMILES string of the molecule is CCC1(C)CC(N(Cc2ccc(CN(C(=O)[O-])C3CC(C)(CC)NC(C)(CC)C3C)cc2)C(=O)[O-])C(C)C(C)(CC)N1. The highest BCUT2D eigenvalue weighted by atomic mass is 16.4. The van der Waals surface area contributed by atoms with E-state index in [2.05, 4.69) is 79.9 Å². The van der Waals surface area contributed by atoms with Gasteiger partial charge in [0.05, 0.1) is 0 Å². The summed E-state index contributed by atoms with van der Waals surface area (Å²) in [7, 11) is 0. The predicted octanol–water partition coefficient (Wildman–Crippen LogP) is 4.65. The number of benzene rings is 1. The van der Waals surface area contributed by atoms with Gasteiger partial charge in [-0.15, -0.1) is 0 Å². The van der Waals surface area contributed by atoms with Gasteiger partial charge in [0.15, 0.2) is 0 Å². The summed E-state index contributed by atoms with van der Waals surface area (Å²) in [5.41, 5.74) is 1.01. The van der Waals surface area contributed by atoms with Gasteiger partial charge in [-0.3, -0.25) is 0 Å². The Balaban J connectivity index is 1.83. The van der Waals surface area contributed by atoms with Crippen molar-refractivity contribution in [3.63, 3.8) is 0 Å². The molecule has 238 valence electrons. The molecule has 0 aromatic heterocycles. The zero-order valence-electron chi connectivity index (χ0n) is 27.8. The number of carboxylic acid groups (broad SMARTS) is 2. The van der Waals surface area contributed by atoms with E-state index in [9.17, 15) is 19.8 Å². The second-order valence-electron chi connectivity index (χ2n) is 14.3. The minimum atomic E-state index is -1.16. The van der Waals surface area contributed by atoms with E-state index in [1.54, 1.807) is 0 Å². The molecule has 2 fully saturated rings. The molecule has 42 heavy (non-hydrogen) atoms. The second-order valence-corrected chi connectivity index (χ2v) is 14.3. The van der Waals surface area contributed by atoms with Crippen molar-refractivity contribution in [3.05, 3.63) is 35.4 Å². The molecule has 3 rings (SSSR count). The van der Waals surface area contributed by atoms with Crippen molar-refractivity contribution in [2.24, 2.45) is 11.8 Å². The number of hydrogen-bond donors (Lipinski definition) is 2. The lowest BCUT2D eigenvalue weighted by atomic mass is 9.68. The molecule has 0 spiro atoms. The van der Waals surface area contributed by atoms with Crippen LogP contribution in [0.2, 0.25) is 0 Å². The van der Waals surface area contributed by atoms with Gasteiger partial charge in [-0.05, 0) is 89.2 Å². The second kappa shape index (κ2) is 12.7. The third-order valence-corrected chi connectivity index (χ3v) is 11.7. The third-order valence-electron chi connectivity index (χ3n) is 11.7. The van der Waals surface area contributed by atoms with Gasteiger partial charge in [-0.1, -0.05) is 65.8 Å². The minimum absolute atomic E-state index is 0.102. The fraction of sp³-hybridized carbons (Fsp3) is 0.765. The molecule has 0 radical (unpaired) electrons. The molecule has 8 atom stereocenters. The Morgan fingerprint density at radius 2 is 1.00 bits per heavy atom.